The van der Waals surface area contributed by atoms with Gasteiger partial charge < -0.3 is 10.1 Å². The molecule has 2 rings (SSSR count). The first-order valence-electron chi connectivity index (χ1n) is 7.28. The third-order valence-corrected chi connectivity index (χ3v) is 5.43. The maximum atomic E-state index is 12.4. The molecule has 1 amide bonds. The molecule has 1 aliphatic heterocycles. The predicted octanol–water partition coefficient (Wildman–Crippen LogP) is 0.474. The summed E-state index contributed by atoms with van der Waals surface area (Å²) in [5.41, 5.74) is 0.376. The number of nitrogens with zero attached hydrogens (tertiary/aromatic N) is 2. The number of benzene rings is 1. The van der Waals surface area contributed by atoms with Gasteiger partial charge in [0, 0.05) is 20.2 Å². The average molecular weight is 337 g/mol. The molecule has 1 aliphatic rings. The summed E-state index contributed by atoms with van der Waals surface area (Å²) in [5, 5.41) is 11.4. The molecule has 1 heterocycles. The summed E-state index contributed by atoms with van der Waals surface area (Å²) in [7, 11) is -2.42. The third kappa shape index (κ3) is 4.51. The predicted molar refractivity (Wildman–Crippen MR) is 83.0 cm³/mol. The fourth-order valence-corrected chi connectivity index (χ4v) is 3.38. The maximum Gasteiger partial charge on any atom is 0.243 e. The Labute approximate surface area is 135 Å². The van der Waals surface area contributed by atoms with Crippen molar-refractivity contribution in [3.63, 3.8) is 0 Å². The molecule has 0 saturated carbocycles. The van der Waals surface area contributed by atoms with Gasteiger partial charge in [0.05, 0.1) is 29.2 Å². The molecule has 1 aromatic carbocycles. The lowest BCUT2D eigenvalue weighted by Gasteiger charge is -2.17. The van der Waals surface area contributed by atoms with Gasteiger partial charge in [0.2, 0.25) is 15.9 Å². The summed E-state index contributed by atoms with van der Waals surface area (Å²) in [6, 6.07) is 7.50. The number of hydrogen-bond donors (Lipinski definition) is 1. The van der Waals surface area contributed by atoms with E-state index in [1.54, 1.807) is 0 Å². The van der Waals surface area contributed by atoms with Gasteiger partial charge >= 0.3 is 0 Å². The van der Waals surface area contributed by atoms with Gasteiger partial charge in [0.1, 0.15) is 0 Å². The van der Waals surface area contributed by atoms with Crippen molar-refractivity contribution in [1.29, 1.82) is 5.26 Å². The molecule has 1 atom stereocenters. The Morgan fingerprint density at radius 1 is 1.43 bits per heavy atom. The zero-order valence-electron chi connectivity index (χ0n) is 12.9. The third-order valence-electron chi connectivity index (χ3n) is 3.61. The molecular formula is C15H19N3O4S. The van der Waals surface area contributed by atoms with Crippen molar-refractivity contribution < 1.29 is 17.9 Å². The van der Waals surface area contributed by atoms with E-state index >= 15 is 0 Å². The van der Waals surface area contributed by atoms with Gasteiger partial charge in [-0.1, -0.05) is 0 Å². The first-order valence-corrected chi connectivity index (χ1v) is 8.72. The van der Waals surface area contributed by atoms with Crippen LogP contribution in [0, 0.1) is 11.3 Å². The summed E-state index contributed by atoms with van der Waals surface area (Å²) in [5.74, 6) is -0.375. The Morgan fingerprint density at radius 3 is 2.70 bits per heavy atom. The van der Waals surface area contributed by atoms with Gasteiger partial charge in [-0.25, -0.2) is 8.42 Å². The first kappa shape index (κ1) is 17.4. The number of sulfonamides is 1. The number of nitrogens with one attached hydrogen (secondary N) is 1. The number of carbonyl (C=O) groups excluding carboxylic acids is 1. The van der Waals surface area contributed by atoms with Crippen molar-refractivity contribution >= 4 is 15.9 Å². The molecule has 8 heteroatoms. The van der Waals surface area contributed by atoms with Crippen LogP contribution >= 0.6 is 0 Å². The lowest BCUT2D eigenvalue weighted by molar-refractivity contribution is -0.121. The van der Waals surface area contributed by atoms with E-state index in [-0.39, 0.29) is 23.5 Å². The van der Waals surface area contributed by atoms with E-state index in [0.29, 0.717) is 18.7 Å². The second-order valence-electron chi connectivity index (χ2n) is 5.34. The van der Waals surface area contributed by atoms with Gasteiger partial charge in [0.15, 0.2) is 0 Å². The quantitative estimate of drug-likeness (QED) is 0.813. The Bertz CT molecular complexity index is 688. The average Bonchev–Trinajstić information content (AvgIpc) is 3.06. The van der Waals surface area contributed by atoms with Crippen LogP contribution < -0.4 is 5.32 Å². The molecule has 23 heavy (non-hydrogen) atoms. The summed E-state index contributed by atoms with van der Waals surface area (Å²) in [6.07, 6.45) is 1.90. The minimum Gasteiger partial charge on any atom is -0.376 e. The van der Waals surface area contributed by atoms with Crippen LogP contribution in [-0.2, 0) is 19.6 Å². The van der Waals surface area contributed by atoms with E-state index in [1.165, 1.54) is 31.3 Å². The summed E-state index contributed by atoms with van der Waals surface area (Å²) in [4.78, 5) is 11.9. The molecular weight excluding hydrogens is 318 g/mol. The van der Waals surface area contributed by atoms with E-state index in [0.717, 1.165) is 17.1 Å². The van der Waals surface area contributed by atoms with Crippen molar-refractivity contribution in [3.05, 3.63) is 29.8 Å². The lowest BCUT2D eigenvalue weighted by Crippen LogP contribution is -2.40. The molecule has 1 saturated heterocycles. The van der Waals surface area contributed by atoms with Crippen LogP contribution in [0.4, 0.5) is 0 Å². The van der Waals surface area contributed by atoms with Crippen molar-refractivity contribution in [3.8, 4) is 6.07 Å². The molecule has 0 spiro atoms. The van der Waals surface area contributed by atoms with Crippen LogP contribution in [0.25, 0.3) is 0 Å². The van der Waals surface area contributed by atoms with E-state index in [1.807, 2.05) is 6.07 Å². The Morgan fingerprint density at radius 2 is 2.13 bits per heavy atom. The minimum atomic E-state index is -3.76. The minimum absolute atomic E-state index is 0.0133. The van der Waals surface area contributed by atoms with E-state index < -0.39 is 10.0 Å². The summed E-state index contributed by atoms with van der Waals surface area (Å²) < 4.78 is 31.1. The number of nitriles is 1. The van der Waals surface area contributed by atoms with E-state index in [2.05, 4.69) is 5.32 Å². The van der Waals surface area contributed by atoms with Crippen molar-refractivity contribution in [1.82, 2.24) is 9.62 Å². The van der Waals surface area contributed by atoms with E-state index in [4.69, 9.17) is 10.00 Å². The topological polar surface area (TPSA) is 99.5 Å². The van der Waals surface area contributed by atoms with Crippen LogP contribution in [-0.4, -0.2) is 51.5 Å². The van der Waals surface area contributed by atoms with Crippen LogP contribution in [0.5, 0.6) is 0 Å². The number of amides is 1. The maximum absolute atomic E-state index is 12.4. The Kier molecular flexibility index (Phi) is 5.71. The highest BCUT2D eigenvalue weighted by atomic mass is 32.2. The van der Waals surface area contributed by atoms with Crippen molar-refractivity contribution in [2.45, 2.75) is 23.8 Å². The SMILES string of the molecule is CN(CC(=O)NC[C@H]1CCCO1)S(=O)(=O)c1ccc(C#N)cc1. The molecule has 1 fully saturated rings. The lowest BCUT2D eigenvalue weighted by atomic mass is 10.2. The van der Waals surface area contributed by atoms with Crippen LogP contribution in [0.15, 0.2) is 29.2 Å². The van der Waals surface area contributed by atoms with Crippen molar-refractivity contribution in [2.75, 3.05) is 26.7 Å². The smallest absolute Gasteiger partial charge is 0.243 e. The molecule has 0 aliphatic carbocycles. The Balaban J connectivity index is 1.93. The molecule has 124 valence electrons. The van der Waals surface area contributed by atoms with Crippen LogP contribution in [0.2, 0.25) is 0 Å². The van der Waals surface area contributed by atoms with Gasteiger partial charge in [-0.05, 0) is 37.1 Å². The van der Waals surface area contributed by atoms with Crippen LogP contribution in [0.3, 0.4) is 0 Å². The molecule has 1 N–H and O–H groups in total. The molecule has 0 aromatic heterocycles. The number of carbonyl (C=O) groups is 1. The summed E-state index contributed by atoms with van der Waals surface area (Å²) >= 11 is 0. The zero-order chi connectivity index (χ0) is 16.9. The fraction of sp³-hybridized carbons (Fsp3) is 0.467. The first-order chi connectivity index (χ1) is 10.9. The number of rotatable bonds is 6. The molecule has 1 aromatic rings. The molecule has 0 bridgehead atoms. The van der Waals surface area contributed by atoms with Gasteiger partial charge in [0.25, 0.3) is 0 Å². The van der Waals surface area contributed by atoms with Gasteiger partial charge in [-0.15, -0.1) is 0 Å². The standard InChI is InChI=1S/C15H19N3O4S/c1-18(11-15(19)17-10-13-3-2-8-22-13)23(20,21)14-6-4-12(9-16)5-7-14/h4-7,13H,2-3,8,10-11H2,1H3,(H,17,19)/t13-/m1/s1. The zero-order valence-corrected chi connectivity index (χ0v) is 13.7. The highest BCUT2D eigenvalue weighted by Gasteiger charge is 2.23. The van der Waals surface area contributed by atoms with Crippen LogP contribution in [0.1, 0.15) is 18.4 Å². The highest BCUT2D eigenvalue weighted by Crippen LogP contribution is 2.15. The normalized spacial score (nSPS) is 17.9. The largest absolute Gasteiger partial charge is 0.376 e. The second kappa shape index (κ2) is 7.55. The van der Waals surface area contributed by atoms with Gasteiger partial charge in [-0.2, -0.15) is 9.57 Å². The Hall–Kier alpha value is -1.95. The monoisotopic (exact) mass is 337 g/mol. The highest BCUT2D eigenvalue weighted by molar-refractivity contribution is 7.89. The van der Waals surface area contributed by atoms with Crippen molar-refractivity contribution in [2.24, 2.45) is 0 Å². The second-order valence-corrected chi connectivity index (χ2v) is 7.38. The fourth-order valence-electron chi connectivity index (χ4n) is 2.26. The molecule has 7 nitrogen and oxygen atoms in total. The summed E-state index contributed by atoms with van der Waals surface area (Å²) in [6.45, 7) is 0.826. The molecule has 0 unspecified atom stereocenters. The van der Waals surface area contributed by atoms with Gasteiger partial charge in [-0.3, -0.25) is 4.79 Å². The number of likely N-dealkylation sites (N-methyl/N-ethyl adjacent to an activating group) is 1. The number of hydrogen-bond acceptors (Lipinski definition) is 5. The molecule has 0 radical (unpaired) electrons. The number of ether oxygens (including phenoxy) is 1. The van der Waals surface area contributed by atoms with E-state index in [9.17, 15) is 13.2 Å².